The number of amides is 1. The minimum atomic E-state index is -0.607. The molecule has 0 fully saturated rings. The van der Waals surface area contributed by atoms with Crippen molar-refractivity contribution in [3.8, 4) is 0 Å². The van der Waals surface area contributed by atoms with E-state index in [-0.39, 0.29) is 11.6 Å². The van der Waals surface area contributed by atoms with Gasteiger partial charge in [0.15, 0.2) is 0 Å². The molecule has 3 aromatic rings. The van der Waals surface area contributed by atoms with Crippen LogP contribution in [0.3, 0.4) is 0 Å². The molecule has 3 rings (SSSR count). The van der Waals surface area contributed by atoms with Gasteiger partial charge in [-0.05, 0) is 24.3 Å². The standard InChI is InChI=1S/C19H16N2O3/c1-24-19(23)17(21-18(22)13-7-3-2-4-8-13)11-14-12-20-16-10-6-5-9-15(14)16/h2-12,20H,1H3,(H,21,22)/b17-11-. The number of hydrogen-bond acceptors (Lipinski definition) is 3. The van der Waals surface area contributed by atoms with Crippen LogP contribution in [0.2, 0.25) is 0 Å². The van der Waals surface area contributed by atoms with Gasteiger partial charge in [0.05, 0.1) is 7.11 Å². The van der Waals surface area contributed by atoms with E-state index < -0.39 is 5.97 Å². The lowest BCUT2D eigenvalue weighted by Gasteiger charge is -2.08. The number of carbonyl (C=O) groups excluding carboxylic acids is 2. The van der Waals surface area contributed by atoms with Gasteiger partial charge in [-0.15, -0.1) is 0 Å². The zero-order chi connectivity index (χ0) is 16.9. The molecule has 1 aromatic heterocycles. The van der Waals surface area contributed by atoms with Gasteiger partial charge in [0, 0.05) is 28.2 Å². The van der Waals surface area contributed by atoms with Crippen molar-refractivity contribution in [2.24, 2.45) is 0 Å². The molecule has 120 valence electrons. The molecule has 0 saturated heterocycles. The van der Waals surface area contributed by atoms with E-state index in [4.69, 9.17) is 4.74 Å². The van der Waals surface area contributed by atoms with Gasteiger partial charge in [-0.25, -0.2) is 4.79 Å². The maximum absolute atomic E-state index is 12.3. The number of esters is 1. The van der Waals surface area contributed by atoms with Gasteiger partial charge in [-0.3, -0.25) is 4.79 Å². The molecular formula is C19H16N2O3. The molecule has 1 amide bonds. The SMILES string of the molecule is COC(=O)/C(=C/c1c[nH]c2ccccc12)NC(=O)c1ccccc1. The summed E-state index contributed by atoms with van der Waals surface area (Å²) in [5.41, 5.74) is 2.28. The Morgan fingerprint density at radius 1 is 1.04 bits per heavy atom. The molecule has 0 radical (unpaired) electrons. The van der Waals surface area contributed by atoms with Crippen molar-refractivity contribution in [3.63, 3.8) is 0 Å². The maximum atomic E-state index is 12.3. The Hall–Kier alpha value is -3.34. The van der Waals surface area contributed by atoms with Crippen LogP contribution in [0.4, 0.5) is 0 Å². The topological polar surface area (TPSA) is 71.2 Å². The highest BCUT2D eigenvalue weighted by Gasteiger charge is 2.15. The summed E-state index contributed by atoms with van der Waals surface area (Å²) < 4.78 is 4.78. The average Bonchev–Trinajstić information content (AvgIpc) is 3.04. The number of hydrogen-bond donors (Lipinski definition) is 2. The van der Waals surface area contributed by atoms with Crippen LogP contribution >= 0.6 is 0 Å². The number of methoxy groups -OCH3 is 1. The molecule has 2 N–H and O–H groups in total. The van der Waals surface area contributed by atoms with E-state index >= 15 is 0 Å². The van der Waals surface area contributed by atoms with Gasteiger partial charge < -0.3 is 15.0 Å². The third-order valence-electron chi connectivity index (χ3n) is 3.61. The molecule has 24 heavy (non-hydrogen) atoms. The summed E-state index contributed by atoms with van der Waals surface area (Å²) in [7, 11) is 1.28. The van der Waals surface area contributed by atoms with E-state index in [9.17, 15) is 9.59 Å². The molecule has 0 aliphatic rings. The van der Waals surface area contributed by atoms with Crippen molar-refractivity contribution in [1.29, 1.82) is 0 Å². The van der Waals surface area contributed by atoms with E-state index in [0.717, 1.165) is 16.5 Å². The smallest absolute Gasteiger partial charge is 0.354 e. The van der Waals surface area contributed by atoms with E-state index in [1.54, 1.807) is 36.5 Å². The van der Waals surface area contributed by atoms with E-state index in [2.05, 4.69) is 10.3 Å². The van der Waals surface area contributed by atoms with Gasteiger partial charge in [0.25, 0.3) is 5.91 Å². The fourth-order valence-electron chi connectivity index (χ4n) is 2.41. The van der Waals surface area contributed by atoms with Gasteiger partial charge in [-0.1, -0.05) is 36.4 Å². The number of aromatic amines is 1. The summed E-state index contributed by atoms with van der Waals surface area (Å²) in [4.78, 5) is 27.5. The number of benzene rings is 2. The van der Waals surface area contributed by atoms with Gasteiger partial charge in [0.1, 0.15) is 5.70 Å². The summed E-state index contributed by atoms with van der Waals surface area (Å²) in [5, 5.41) is 3.57. The van der Waals surface area contributed by atoms with E-state index in [0.29, 0.717) is 5.56 Å². The molecular weight excluding hydrogens is 304 g/mol. The lowest BCUT2D eigenvalue weighted by molar-refractivity contribution is -0.136. The van der Waals surface area contributed by atoms with Crippen molar-refractivity contribution in [2.45, 2.75) is 0 Å². The molecule has 0 unspecified atom stereocenters. The Morgan fingerprint density at radius 3 is 2.50 bits per heavy atom. The van der Waals surface area contributed by atoms with Crippen LogP contribution in [0.5, 0.6) is 0 Å². The van der Waals surface area contributed by atoms with Crippen molar-refractivity contribution in [1.82, 2.24) is 10.3 Å². The second-order valence-electron chi connectivity index (χ2n) is 5.16. The third-order valence-corrected chi connectivity index (χ3v) is 3.61. The largest absolute Gasteiger partial charge is 0.464 e. The Morgan fingerprint density at radius 2 is 1.75 bits per heavy atom. The van der Waals surface area contributed by atoms with Crippen LogP contribution < -0.4 is 5.32 Å². The number of para-hydroxylation sites is 1. The molecule has 2 aromatic carbocycles. The Balaban J connectivity index is 1.95. The quantitative estimate of drug-likeness (QED) is 0.573. The van der Waals surface area contributed by atoms with Gasteiger partial charge in [0.2, 0.25) is 0 Å². The maximum Gasteiger partial charge on any atom is 0.354 e. The molecule has 0 saturated carbocycles. The summed E-state index contributed by atoms with van der Waals surface area (Å²) in [6, 6.07) is 16.4. The van der Waals surface area contributed by atoms with Crippen molar-refractivity contribution in [3.05, 3.63) is 77.6 Å². The zero-order valence-electron chi connectivity index (χ0n) is 13.1. The highest BCUT2D eigenvalue weighted by molar-refractivity contribution is 6.04. The lowest BCUT2D eigenvalue weighted by Crippen LogP contribution is -2.28. The van der Waals surface area contributed by atoms with Gasteiger partial charge in [-0.2, -0.15) is 0 Å². The number of carbonyl (C=O) groups is 2. The third kappa shape index (κ3) is 3.20. The van der Waals surface area contributed by atoms with Crippen molar-refractivity contribution in [2.75, 3.05) is 7.11 Å². The predicted molar refractivity (Wildman–Crippen MR) is 92.2 cm³/mol. The van der Waals surface area contributed by atoms with E-state index in [1.165, 1.54) is 7.11 Å². The number of aromatic nitrogens is 1. The van der Waals surface area contributed by atoms with Crippen LogP contribution in [0, 0.1) is 0 Å². The predicted octanol–water partition coefficient (Wildman–Crippen LogP) is 3.11. The fraction of sp³-hybridized carbons (Fsp3) is 0.0526. The van der Waals surface area contributed by atoms with Crippen LogP contribution in [-0.2, 0) is 9.53 Å². The first-order valence-corrected chi connectivity index (χ1v) is 7.41. The monoisotopic (exact) mass is 320 g/mol. The second-order valence-corrected chi connectivity index (χ2v) is 5.16. The Bertz CT molecular complexity index is 911. The Kier molecular flexibility index (Phi) is 4.43. The lowest BCUT2D eigenvalue weighted by atomic mass is 10.1. The first kappa shape index (κ1) is 15.6. The summed E-state index contributed by atoms with van der Waals surface area (Å²) >= 11 is 0. The van der Waals surface area contributed by atoms with Crippen molar-refractivity contribution >= 4 is 28.9 Å². The molecule has 0 atom stereocenters. The first-order chi connectivity index (χ1) is 11.7. The van der Waals surface area contributed by atoms with Crippen LogP contribution in [0.15, 0.2) is 66.5 Å². The molecule has 5 heteroatoms. The van der Waals surface area contributed by atoms with Crippen LogP contribution in [-0.4, -0.2) is 24.0 Å². The first-order valence-electron chi connectivity index (χ1n) is 7.41. The van der Waals surface area contributed by atoms with Crippen molar-refractivity contribution < 1.29 is 14.3 Å². The molecule has 0 aliphatic carbocycles. The normalized spacial score (nSPS) is 11.3. The highest BCUT2D eigenvalue weighted by atomic mass is 16.5. The summed E-state index contributed by atoms with van der Waals surface area (Å²) in [5.74, 6) is -0.975. The minimum Gasteiger partial charge on any atom is -0.464 e. The summed E-state index contributed by atoms with van der Waals surface area (Å²) in [6.45, 7) is 0. The Labute approximate surface area is 139 Å². The number of nitrogens with one attached hydrogen (secondary N) is 2. The molecule has 0 aliphatic heterocycles. The molecule has 0 spiro atoms. The highest BCUT2D eigenvalue weighted by Crippen LogP contribution is 2.20. The number of rotatable bonds is 4. The molecule has 5 nitrogen and oxygen atoms in total. The number of H-pyrrole nitrogens is 1. The van der Waals surface area contributed by atoms with Crippen LogP contribution in [0.1, 0.15) is 15.9 Å². The minimum absolute atomic E-state index is 0.0797. The van der Waals surface area contributed by atoms with E-state index in [1.807, 2.05) is 30.3 Å². The summed E-state index contributed by atoms with van der Waals surface area (Å²) in [6.07, 6.45) is 3.38. The fourth-order valence-corrected chi connectivity index (χ4v) is 2.41. The second kappa shape index (κ2) is 6.83. The number of fused-ring (bicyclic) bond motifs is 1. The average molecular weight is 320 g/mol. The number of ether oxygens (including phenoxy) is 1. The molecule has 0 bridgehead atoms. The van der Waals surface area contributed by atoms with Crippen LogP contribution in [0.25, 0.3) is 17.0 Å². The molecule has 1 heterocycles. The van der Waals surface area contributed by atoms with Gasteiger partial charge >= 0.3 is 5.97 Å². The zero-order valence-corrected chi connectivity index (χ0v) is 13.1.